The molecule has 6 heterocycles. The second-order valence-corrected chi connectivity index (χ2v) is 14.3. The van der Waals surface area contributed by atoms with Gasteiger partial charge in [-0.25, -0.2) is 39.5 Å². The Labute approximate surface area is 372 Å². The smallest absolute Gasteiger partial charge is 0.339 e. The summed E-state index contributed by atoms with van der Waals surface area (Å²) in [5, 5.41) is 6.26. The molecule has 6 rings (SSSR count). The summed E-state index contributed by atoms with van der Waals surface area (Å²) in [7, 11) is 2.14. The molecular formula is C38H44N10O18. The van der Waals surface area contributed by atoms with Gasteiger partial charge in [-0.05, 0) is 0 Å². The quantitative estimate of drug-likeness (QED) is 0.0839. The summed E-state index contributed by atoms with van der Waals surface area (Å²) in [5.41, 5.74) is 0.607. The van der Waals surface area contributed by atoms with Gasteiger partial charge in [0.05, 0.1) is 26.9 Å². The third-order valence-electron chi connectivity index (χ3n) is 9.68. The standard InChI is InChI=1S/C38H44N10O18/c1-15(49)59-23-25(61-17(3)51)29(37(55)57-7)65-35(27(23)63-19(5)53)47-13-45-21-31(41-11-43-33(21)47)39-9-10-40-32-22-34(44-12-42-32)48(14-46-22)36-28(64-20(6)54)24(60-16(2)50)26(62-18(4)52)30(66-36)38(56)58-8/h11-14,23-30,35-36H,9-10H2,1-8H3,(H,39,41,43)(H,40,42,44)/t23-,24-,25-,26-,27+,28+,29-,30-,35+,36+/m0/s1. The van der Waals surface area contributed by atoms with Gasteiger partial charge in [-0.3, -0.25) is 37.9 Å². The van der Waals surface area contributed by atoms with E-state index in [-0.39, 0.29) is 47.1 Å². The number of nitrogens with zero attached hydrogens (tertiary/aromatic N) is 8. The Hall–Kier alpha value is -7.62. The van der Waals surface area contributed by atoms with Crippen LogP contribution in [0.15, 0.2) is 25.3 Å². The van der Waals surface area contributed by atoms with Crippen LogP contribution in [-0.4, -0.2) is 163 Å². The van der Waals surface area contributed by atoms with E-state index in [1.54, 1.807) is 0 Å². The first-order valence-electron chi connectivity index (χ1n) is 19.8. The molecule has 2 aliphatic rings. The van der Waals surface area contributed by atoms with Gasteiger partial charge >= 0.3 is 47.8 Å². The minimum atomic E-state index is -1.66. The molecule has 0 unspecified atom stereocenters. The second-order valence-electron chi connectivity index (χ2n) is 14.3. The number of fused-ring (bicyclic) bond motifs is 2. The SMILES string of the molecule is COC(=O)[C@H]1O[C@@H](n2cnc3c(NCCNc4ncnc5c4ncn5[C@@H]4O[C@H](C(=O)OC)[C@@H](OC(C)=O)[C@H](OC(C)=O)[C@H]4OC(C)=O)ncnc32)[C@H](OC(C)=O)[C@@H](OC(C)=O)[C@@H]1OC(C)=O. The van der Waals surface area contributed by atoms with Crippen LogP contribution in [0.2, 0.25) is 0 Å². The molecule has 2 N–H and O–H groups in total. The molecule has 354 valence electrons. The molecule has 10 atom stereocenters. The Morgan fingerprint density at radius 1 is 0.485 bits per heavy atom. The van der Waals surface area contributed by atoms with Crippen molar-refractivity contribution in [2.24, 2.45) is 0 Å². The highest BCUT2D eigenvalue weighted by Crippen LogP contribution is 2.38. The molecule has 66 heavy (non-hydrogen) atoms. The van der Waals surface area contributed by atoms with Gasteiger partial charge in [0, 0.05) is 54.6 Å². The number of anilines is 2. The number of methoxy groups -OCH3 is 2. The van der Waals surface area contributed by atoms with Crippen molar-refractivity contribution in [3.63, 3.8) is 0 Å². The number of aromatic nitrogens is 8. The third kappa shape index (κ3) is 10.3. The van der Waals surface area contributed by atoms with E-state index in [1.165, 1.54) is 34.4 Å². The van der Waals surface area contributed by atoms with Crippen molar-refractivity contribution in [3.05, 3.63) is 25.3 Å². The molecular weight excluding hydrogens is 884 g/mol. The zero-order valence-electron chi connectivity index (χ0n) is 36.4. The first-order valence-corrected chi connectivity index (χ1v) is 19.8. The molecule has 0 amide bonds. The van der Waals surface area contributed by atoms with Crippen LogP contribution in [0.25, 0.3) is 22.3 Å². The molecule has 0 radical (unpaired) electrons. The maximum atomic E-state index is 13.0. The van der Waals surface area contributed by atoms with Crippen molar-refractivity contribution in [2.45, 2.75) is 103 Å². The van der Waals surface area contributed by atoms with Crippen molar-refractivity contribution in [1.29, 1.82) is 0 Å². The number of esters is 8. The fourth-order valence-electron chi connectivity index (χ4n) is 7.34. The van der Waals surface area contributed by atoms with E-state index in [1.807, 2.05) is 0 Å². The number of hydrogen-bond acceptors (Lipinski definition) is 26. The van der Waals surface area contributed by atoms with Crippen molar-refractivity contribution in [1.82, 2.24) is 39.0 Å². The molecule has 28 nitrogen and oxygen atoms in total. The number of hydrogen-bond donors (Lipinski definition) is 2. The topological polar surface area (TPSA) is 340 Å². The van der Waals surface area contributed by atoms with E-state index in [0.717, 1.165) is 55.8 Å². The van der Waals surface area contributed by atoms with Gasteiger partial charge in [-0.1, -0.05) is 0 Å². The van der Waals surface area contributed by atoms with Gasteiger partial charge in [-0.2, -0.15) is 0 Å². The van der Waals surface area contributed by atoms with E-state index in [0.29, 0.717) is 0 Å². The maximum absolute atomic E-state index is 13.0. The Morgan fingerprint density at radius 3 is 1.12 bits per heavy atom. The highest BCUT2D eigenvalue weighted by molar-refractivity contribution is 5.84. The van der Waals surface area contributed by atoms with Crippen molar-refractivity contribution >= 4 is 81.7 Å². The summed E-state index contributed by atoms with van der Waals surface area (Å²) >= 11 is 0. The van der Waals surface area contributed by atoms with Gasteiger partial charge in [-0.15, -0.1) is 0 Å². The first-order chi connectivity index (χ1) is 31.4. The Bertz CT molecular complexity index is 2340. The van der Waals surface area contributed by atoms with Crippen molar-refractivity contribution in [2.75, 3.05) is 37.9 Å². The number of nitrogens with one attached hydrogen (secondary N) is 2. The molecule has 0 spiro atoms. The van der Waals surface area contributed by atoms with Gasteiger partial charge < -0.3 is 58.0 Å². The van der Waals surface area contributed by atoms with E-state index in [9.17, 15) is 38.4 Å². The van der Waals surface area contributed by atoms with Crippen molar-refractivity contribution in [3.8, 4) is 0 Å². The number of carbonyl (C=O) groups excluding carboxylic acids is 8. The molecule has 0 aliphatic carbocycles. The van der Waals surface area contributed by atoms with Crippen LogP contribution < -0.4 is 10.6 Å². The van der Waals surface area contributed by atoms with Crippen LogP contribution >= 0.6 is 0 Å². The fraction of sp³-hybridized carbons (Fsp3) is 0.526. The molecule has 2 aliphatic heterocycles. The average molecular weight is 929 g/mol. The van der Waals surface area contributed by atoms with E-state index >= 15 is 0 Å². The van der Waals surface area contributed by atoms with Crippen LogP contribution in [0.4, 0.5) is 11.6 Å². The summed E-state index contributed by atoms with van der Waals surface area (Å²) in [6.45, 7) is 6.78. The number of rotatable bonds is 15. The lowest BCUT2D eigenvalue weighted by Crippen LogP contribution is -2.61. The zero-order valence-corrected chi connectivity index (χ0v) is 36.4. The van der Waals surface area contributed by atoms with Gasteiger partial charge in [0.25, 0.3) is 0 Å². The Balaban J connectivity index is 1.25. The Kier molecular flexibility index (Phi) is 14.8. The van der Waals surface area contributed by atoms with E-state index < -0.39 is 109 Å². The lowest BCUT2D eigenvalue weighted by molar-refractivity contribution is -0.262. The maximum Gasteiger partial charge on any atom is 0.339 e. The lowest BCUT2D eigenvalue weighted by Gasteiger charge is -2.43. The van der Waals surface area contributed by atoms with Gasteiger partial charge in [0.2, 0.25) is 0 Å². The second kappa shape index (κ2) is 20.5. The molecule has 0 saturated carbocycles. The average Bonchev–Trinajstić information content (AvgIpc) is 3.89. The van der Waals surface area contributed by atoms with Crippen LogP contribution in [-0.2, 0) is 85.7 Å². The molecule has 2 fully saturated rings. The number of imidazole rings is 2. The van der Waals surface area contributed by atoms with Crippen LogP contribution in [0.1, 0.15) is 54.0 Å². The van der Waals surface area contributed by atoms with E-state index in [4.69, 9.17) is 47.4 Å². The largest absolute Gasteiger partial charge is 0.467 e. The molecule has 2 saturated heterocycles. The van der Waals surface area contributed by atoms with E-state index in [2.05, 4.69) is 40.5 Å². The summed E-state index contributed by atoms with van der Waals surface area (Å²) in [4.78, 5) is 126. The zero-order chi connectivity index (χ0) is 48.0. The van der Waals surface area contributed by atoms with Crippen LogP contribution in [0.5, 0.6) is 0 Å². The predicted molar refractivity (Wildman–Crippen MR) is 213 cm³/mol. The fourth-order valence-corrected chi connectivity index (χ4v) is 7.34. The first kappa shape index (κ1) is 47.8. The monoisotopic (exact) mass is 928 g/mol. The lowest BCUT2D eigenvalue weighted by atomic mass is 9.96. The summed E-state index contributed by atoms with van der Waals surface area (Å²) < 4.78 is 57.4. The van der Waals surface area contributed by atoms with Gasteiger partial charge in [0.1, 0.15) is 12.7 Å². The summed E-state index contributed by atoms with van der Waals surface area (Å²) in [5.74, 6) is -6.61. The molecule has 4 aromatic heterocycles. The van der Waals surface area contributed by atoms with Crippen LogP contribution in [0, 0.1) is 0 Å². The molecule has 0 bridgehead atoms. The highest BCUT2D eigenvalue weighted by atomic mass is 16.7. The van der Waals surface area contributed by atoms with Crippen LogP contribution in [0.3, 0.4) is 0 Å². The molecule has 4 aromatic rings. The predicted octanol–water partition coefficient (Wildman–Crippen LogP) is -0.779. The Morgan fingerprint density at radius 2 is 0.803 bits per heavy atom. The van der Waals surface area contributed by atoms with Gasteiger partial charge in [0.15, 0.2) is 95.3 Å². The minimum absolute atomic E-state index is 0.114. The summed E-state index contributed by atoms with van der Waals surface area (Å²) in [6, 6.07) is 0. The number of carbonyl (C=O) groups is 8. The molecule has 28 heteroatoms. The van der Waals surface area contributed by atoms with Crippen molar-refractivity contribution < 1.29 is 85.7 Å². The molecule has 0 aromatic carbocycles. The normalized spacial score (nSPS) is 24.8. The number of ether oxygens (including phenoxy) is 10. The summed E-state index contributed by atoms with van der Waals surface area (Å²) in [6.07, 6.45) is -10.6. The minimum Gasteiger partial charge on any atom is -0.467 e. The highest BCUT2D eigenvalue weighted by Gasteiger charge is 2.57. The third-order valence-corrected chi connectivity index (χ3v) is 9.68.